The van der Waals surface area contributed by atoms with E-state index in [1.54, 1.807) is 24.3 Å². The third kappa shape index (κ3) is 5.65. The summed E-state index contributed by atoms with van der Waals surface area (Å²) < 4.78 is 23.3. The van der Waals surface area contributed by atoms with Crippen LogP contribution < -0.4 is 15.0 Å². The molecule has 11 heteroatoms. The monoisotopic (exact) mass is 645 g/mol. The average molecular weight is 646 g/mol. The highest BCUT2D eigenvalue weighted by molar-refractivity contribution is 6.02. The Morgan fingerprint density at radius 1 is 1.25 bits per heavy atom. The van der Waals surface area contributed by atoms with E-state index in [0.717, 1.165) is 38.8 Å². The topological polar surface area (TPSA) is 128 Å². The number of aromatic nitrogens is 3. The molecule has 0 saturated carbocycles. The number of aromatic hydroxyl groups is 1. The van der Waals surface area contributed by atoms with Gasteiger partial charge in [0.05, 0.1) is 22.9 Å². The van der Waals surface area contributed by atoms with Gasteiger partial charge >= 0.3 is 6.01 Å². The van der Waals surface area contributed by atoms with E-state index in [9.17, 15) is 15.2 Å². The zero-order chi connectivity index (χ0) is 33.4. The van der Waals surface area contributed by atoms with Gasteiger partial charge in [-0.15, -0.1) is 6.42 Å². The first-order valence-corrected chi connectivity index (χ1v) is 16.4. The summed E-state index contributed by atoms with van der Waals surface area (Å²) in [4.78, 5) is 30.8. The van der Waals surface area contributed by atoms with Gasteiger partial charge in [-0.05, 0) is 81.3 Å². The minimum Gasteiger partial charge on any atom is -0.508 e. The Kier molecular flexibility index (Phi) is 8.32. The zero-order valence-corrected chi connectivity index (χ0v) is 26.6. The van der Waals surface area contributed by atoms with Gasteiger partial charge in [0.1, 0.15) is 29.4 Å². The first-order valence-electron chi connectivity index (χ1n) is 16.4. The molecule has 1 amide bonds. The minimum atomic E-state index is -0.706. The van der Waals surface area contributed by atoms with Crippen molar-refractivity contribution in [2.75, 3.05) is 37.7 Å². The number of amides is 1. The summed E-state index contributed by atoms with van der Waals surface area (Å²) in [6.45, 7) is 6.77. The number of rotatable bonds is 7. The molecule has 2 aromatic heterocycles. The molecule has 3 fully saturated rings. The SMILES string of the molecule is C#Cc1cccc2cc(O)cc(-c3ncc4c(N5CC[C@H](C#N)C[C@H](NC(=O)C=C)C5)nc(OCC56CCCN5CCC6)nc4c3F)c12. The molecule has 2 N–H and O–H groups in total. The molecule has 0 unspecified atom stereocenters. The van der Waals surface area contributed by atoms with Gasteiger partial charge < -0.3 is 20.1 Å². The van der Waals surface area contributed by atoms with Crippen LogP contribution in [0.25, 0.3) is 32.9 Å². The number of terminal acetylenes is 1. The van der Waals surface area contributed by atoms with Crippen molar-refractivity contribution in [2.45, 2.75) is 50.1 Å². The van der Waals surface area contributed by atoms with Crippen molar-refractivity contribution in [3.63, 3.8) is 0 Å². The number of hydrogen-bond acceptors (Lipinski definition) is 9. The Morgan fingerprint density at radius 3 is 2.81 bits per heavy atom. The number of nitrogens with one attached hydrogen (secondary N) is 1. The van der Waals surface area contributed by atoms with Gasteiger partial charge in [-0.1, -0.05) is 24.6 Å². The second-order valence-electron chi connectivity index (χ2n) is 13.0. The normalized spacial score (nSPS) is 20.5. The summed E-state index contributed by atoms with van der Waals surface area (Å²) in [6.07, 6.45) is 13.8. The quantitative estimate of drug-likeness (QED) is 0.209. The number of phenols is 1. The summed E-state index contributed by atoms with van der Waals surface area (Å²) in [7, 11) is 0. The Balaban J connectivity index is 1.37. The molecule has 48 heavy (non-hydrogen) atoms. The predicted octanol–water partition coefficient (Wildman–Crippen LogP) is 5.09. The van der Waals surface area contributed by atoms with E-state index in [0.29, 0.717) is 65.6 Å². The molecule has 244 valence electrons. The third-order valence-electron chi connectivity index (χ3n) is 10.1. The molecular weight excluding hydrogens is 609 g/mol. The fraction of sp³-hybridized carbons (Fsp3) is 0.378. The van der Waals surface area contributed by atoms with E-state index >= 15 is 4.39 Å². The molecule has 2 atom stereocenters. The highest BCUT2D eigenvalue weighted by Gasteiger charge is 2.45. The summed E-state index contributed by atoms with van der Waals surface area (Å²) in [5, 5.41) is 24.9. The lowest BCUT2D eigenvalue weighted by molar-refractivity contribution is -0.117. The Bertz CT molecular complexity index is 2010. The van der Waals surface area contributed by atoms with Crippen molar-refractivity contribution in [1.29, 1.82) is 5.26 Å². The van der Waals surface area contributed by atoms with Gasteiger partial charge in [-0.25, -0.2) is 4.39 Å². The number of halogens is 1. The number of fused-ring (bicyclic) bond motifs is 3. The Morgan fingerprint density at radius 2 is 2.06 bits per heavy atom. The number of pyridine rings is 1. The molecule has 3 aliphatic heterocycles. The number of phenolic OH excluding ortho intramolecular Hbond substituents is 1. The van der Waals surface area contributed by atoms with Crippen molar-refractivity contribution in [2.24, 2.45) is 5.92 Å². The molecule has 7 rings (SSSR count). The summed E-state index contributed by atoms with van der Waals surface area (Å²) in [6, 6.07) is 10.4. The van der Waals surface area contributed by atoms with Crippen LogP contribution >= 0.6 is 0 Å². The zero-order valence-electron chi connectivity index (χ0n) is 26.6. The predicted molar refractivity (Wildman–Crippen MR) is 181 cm³/mol. The largest absolute Gasteiger partial charge is 0.508 e. The van der Waals surface area contributed by atoms with Gasteiger partial charge in [0, 0.05) is 41.8 Å². The number of benzene rings is 2. The van der Waals surface area contributed by atoms with Crippen LogP contribution in [-0.4, -0.2) is 75.2 Å². The van der Waals surface area contributed by atoms with Crippen LogP contribution in [0.15, 0.2) is 49.2 Å². The number of carbonyl (C=O) groups excluding carboxylic acids is 1. The highest BCUT2D eigenvalue weighted by Crippen LogP contribution is 2.41. The third-order valence-corrected chi connectivity index (χ3v) is 10.1. The lowest BCUT2D eigenvalue weighted by Crippen LogP contribution is -2.44. The van der Waals surface area contributed by atoms with Gasteiger partial charge in [0.2, 0.25) is 5.91 Å². The highest BCUT2D eigenvalue weighted by atomic mass is 19.1. The van der Waals surface area contributed by atoms with Crippen LogP contribution in [0.4, 0.5) is 10.2 Å². The van der Waals surface area contributed by atoms with Gasteiger partial charge in [0.15, 0.2) is 5.82 Å². The number of hydrogen-bond donors (Lipinski definition) is 2. The second-order valence-corrected chi connectivity index (χ2v) is 13.0. The van der Waals surface area contributed by atoms with Crippen LogP contribution in [0, 0.1) is 35.4 Å². The maximum Gasteiger partial charge on any atom is 0.319 e. The molecule has 4 aromatic rings. The number of anilines is 1. The summed E-state index contributed by atoms with van der Waals surface area (Å²) in [5.41, 5.74) is 0.780. The maximum atomic E-state index is 16.9. The molecule has 2 aromatic carbocycles. The van der Waals surface area contributed by atoms with Crippen LogP contribution in [0.3, 0.4) is 0 Å². The smallest absolute Gasteiger partial charge is 0.319 e. The van der Waals surface area contributed by atoms with Crippen LogP contribution in [0.2, 0.25) is 0 Å². The standard InChI is InChI=1S/C37H36FN7O3/c1-3-24-8-5-9-25-17-27(46)18-28(31(24)25)33-32(38)34-29(20-40-33)35(44-15-10-23(19-39)16-26(21-44)41-30(47)4-2)43-36(42-34)48-22-37-11-6-13-45(37)14-7-12-37/h1,4-5,8-9,17-18,20,23,26,46H,2,6-7,10-16,21-22H2,(H,41,47)/t23-,26-/m0/s1. The van der Waals surface area contributed by atoms with E-state index < -0.39 is 5.82 Å². The lowest BCUT2D eigenvalue weighted by Gasteiger charge is -2.31. The number of nitriles is 1. The molecule has 0 radical (unpaired) electrons. The van der Waals surface area contributed by atoms with E-state index in [-0.39, 0.29) is 46.4 Å². The number of carbonyl (C=O) groups is 1. The molecule has 3 aliphatic rings. The number of nitrogens with zero attached hydrogens (tertiary/aromatic N) is 6. The van der Waals surface area contributed by atoms with Crippen molar-refractivity contribution < 1.29 is 19.0 Å². The molecular formula is C37H36FN7O3. The van der Waals surface area contributed by atoms with Gasteiger partial charge in [-0.2, -0.15) is 15.2 Å². The average Bonchev–Trinajstić information content (AvgIpc) is 3.61. The molecule has 5 heterocycles. The second kappa shape index (κ2) is 12.7. The molecule has 0 aliphatic carbocycles. The summed E-state index contributed by atoms with van der Waals surface area (Å²) >= 11 is 0. The maximum absolute atomic E-state index is 16.9. The van der Waals surface area contributed by atoms with Crippen molar-refractivity contribution in [3.05, 3.63) is 60.6 Å². The molecule has 3 saturated heterocycles. The van der Waals surface area contributed by atoms with Gasteiger partial charge in [0.25, 0.3) is 0 Å². The first kappa shape index (κ1) is 31.3. The molecule has 0 bridgehead atoms. The van der Waals surface area contributed by atoms with E-state index in [4.69, 9.17) is 16.1 Å². The summed E-state index contributed by atoms with van der Waals surface area (Å²) in [5.74, 6) is 1.68. The van der Waals surface area contributed by atoms with E-state index in [1.807, 2.05) is 4.90 Å². The fourth-order valence-electron chi connectivity index (χ4n) is 7.77. The molecule has 0 spiro atoms. The van der Waals surface area contributed by atoms with E-state index in [2.05, 4.69) is 38.8 Å². The number of ether oxygens (including phenoxy) is 1. The lowest BCUT2D eigenvalue weighted by atomic mass is 9.95. The Labute approximate surface area is 278 Å². The van der Waals surface area contributed by atoms with Crippen LogP contribution in [-0.2, 0) is 4.79 Å². The minimum absolute atomic E-state index is 0.00892. The van der Waals surface area contributed by atoms with Crippen molar-refractivity contribution in [1.82, 2.24) is 25.2 Å². The van der Waals surface area contributed by atoms with Crippen molar-refractivity contribution in [3.8, 4) is 41.4 Å². The van der Waals surface area contributed by atoms with Crippen LogP contribution in [0.1, 0.15) is 44.1 Å². The van der Waals surface area contributed by atoms with Crippen LogP contribution in [0.5, 0.6) is 11.8 Å². The molecule has 10 nitrogen and oxygen atoms in total. The Hall–Kier alpha value is -5.26. The van der Waals surface area contributed by atoms with Gasteiger partial charge in [-0.3, -0.25) is 14.7 Å². The van der Waals surface area contributed by atoms with Crippen molar-refractivity contribution >= 4 is 33.4 Å². The fourth-order valence-corrected chi connectivity index (χ4v) is 7.77. The van der Waals surface area contributed by atoms with E-state index in [1.165, 1.54) is 18.3 Å². The first-order chi connectivity index (χ1) is 23.3.